The summed E-state index contributed by atoms with van der Waals surface area (Å²) in [5.41, 5.74) is 5.35. The van der Waals surface area contributed by atoms with Crippen LogP contribution < -0.4 is 21.7 Å². The second-order valence-electron chi connectivity index (χ2n) is 14.0. The lowest BCUT2D eigenvalue weighted by Gasteiger charge is -2.37. The van der Waals surface area contributed by atoms with E-state index in [4.69, 9.17) is 12.2 Å². The average molecular weight is 677 g/mol. The molecular formula is C36H64N6O6. The van der Waals surface area contributed by atoms with Crippen molar-refractivity contribution < 1.29 is 28.8 Å². The number of amides is 6. The molecule has 0 spiro atoms. The van der Waals surface area contributed by atoms with Crippen molar-refractivity contribution in [2.24, 2.45) is 35.3 Å². The monoisotopic (exact) mass is 676 g/mol. The van der Waals surface area contributed by atoms with Crippen LogP contribution in [0.3, 0.4) is 0 Å². The maximum atomic E-state index is 14.0. The molecule has 5 N–H and O–H groups in total. The molecule has 0 saturated carbocycles. The Morgan fingerprint density at radius 1 is 0.667 bits per heavy atom. The summed E-state index contributed by atoms with van der Waals surface area (Å²) in [6.07, 6.45) is 9.38. The van der Waals surface area contributed by atoms with Gasteiger partial charge in [0.1, 0.15) is 30.2 Å². The van der Waals surface area contributed by atoms with E-state index in [2.05, 4.69) is 21.9 Å². The Balaban J connectivity index is 6.17. The van der Waals surface area contributed by atoms with E-state index < -0.39 is 59.7 Å². The van der Waals surface area contributed by atoms with Crippen LogP contribution in [0.4, 0.5) is 0 Å². The first kappa shape index (κ1) is 44.4. The fourth-order valence-corrected chi connectivity index (χ4v) is 5.68. The Morgan fingerprint density at radius 2 is 1.17 bits per heavy atom. The zero-order valence-electron chi connectivity index (χ0n) is 31.5. The molecule has 0 aliphatic carbocycles. The van der Waals surface area contributed by atoms with Crippen molar-refractivity contribution in [3.63, 3.8) is 0 Å². The number of carbonyl (C=O) groups excluding carboxylic acids is 6. The highest BCUT2D eigenvalue weighted by Crippen LogP contribution is 2.20. The van der Waals surface area contributed by atoms with Gasteiger partial charge in [-0.1, -0.05) is 81.6 Å². The van der Waals surface area contributed by atoms with Gasteiger partial charge in [-0.05, 0) is 43.4 Å². The van der Waals surface area contributed by atoms with Crippen molar-refractivity contribution in [3.8, 4) is 12.3 Å². The molecule has 0 aliphatic rings. The fourth-order valence-electron chi connectivity index (χ4n) is 5.68. The van der Waals surface area contributed by atoms with Gasteiger partial charge in [0, 0.05) is 26.4 Å². The topological polar surface area (TPSA) is 171 Å². The third kappa shape index (κ3) is 13.1. The molecule has 8 atom stereocenters. The van der Waals surface area contributed by atoms with E-state index in [0.717, 1.165) is 12.8 Å². The van der Waals surface area contributed by atoms with Crippen LogP contribution in [0.25, 0.3) is 0 Å². The number of carbonyl (C=O) groups is 6. The summed E-state index contributed by atoms with van der Waals surface area (Å²) in [6, 6.07) is -4.68. The lowest BCUT2D eigenvalue weighted by Crippen LogP contribution is -2.62. The molecular weight excluding hydrogens is 612 g/mol. The van der Waals surface area contributed by atoms with Crippen LogP contribution in [0.1, 0.15) is 108 Å². The summed E-state index contributed by atoms with van der Waals surface area (Å²) >= 11 is 0. The van der Waals surface area contributed by atoms with Gasteiger partial charge >= 0.3 is 0 Å². The summed E-state index contributed by atoms with van der Waals surface area (Å²) in [4.78, 5) is 82.6. The second-order valence-corrected chi connectivity index (χ2v) is 14.0. The minimum absolute atomic E-state index is 0.161. The third-order valence-electron chi connectivity index (χ3n) is 9.32. The Morgan fingerprint density at radius 3 is 1.62 bits per heavy atom. The highest BCUT2D eigenvalue weighted by atomic mass is 16.2. The lowest BCUT2D eigenvalue weighted by atomic mass is 9.92. The van der Waals surface area contributed by atoms with Crippen molar-refractivity contribution in [1.29, 1.82) is 0 Å². The standard InChI is InChI=1S/C36H64N6O6/c1-14-17-18-19-20-25(10)35(47)41(12)29(22(6)7)33(45)39-27(21(4)5)32(44)40-28(23(8)15-2)36(48)42(13)30(24(9)16-3)34(46)38-26(11)31(37)43/h1,21-30H,15-20H2,2-13H3,(H2,37,43)(H,38,46)(H,39,45)(H,40,44)/t23-,24-,25-,26+,27-,28+,29+,30+/m1/s1. The smallest absolute Gasteiger partial charge is 0.245 e. The first-order chi connectivity index (χ1) is 22.3. The van der Waals surface area contributed by atoms with Gasteiger partial charge in [-0.25, -0.2) is 0 Å². The Labute approximate surface area is 289 Å². The van der Waals surface area contributed by atoms with E-state index in [1.807, 2.05) is 48.5 Å². The molecule has 0 radical (unpaired) electrons. The van der Waals surface area contributed by atoms with Crippen LogP contribution in [0, 0.1) is 41.9 Å². The van der Waals surface area contributed by atoms with Gasteiger partial charge in [0.15, 0.2) is 0 Å². The minimum Gasteiger partial charge on any atom is -0.368 e. The molecule has 0 rings (SSSR count). The van der Waals surface area contributed by atoms with Gasteiger partial charge in [0.2, 0.25) is 35.4 Å². The molecule has 0 aromatic rings. The molecule has 0 saturated heterocycles. The number of nitrogens with one attached hydrogen (secondary N) is 3. The molecule has 0 bridgehead atoms. The minimum atomic E-state index is -1.00. The number of likely N-dealkylation sites (N-methyl/N-ethyl adjacent to an activating group) is 2. The molecule has 12 heteroatoms. The molecule has 0 aromatic heterocycles. The SMILES string of the molecule is C#CCCCC[C@@H](C)C(=O)N(C)[C@H](C(=O)N[C@@H](C(=O)N[C@H](C(=O)N(C)[C@H](C(=O)N[C@@H](C)C(N)=O)[C@H](C)CC)[C@H](C)CC)C(C)C)C(C)C. The summed E-state index contributed by atoms with van der Waals surface area (Å²) < 4.78 is 0. The molecule has 0 unspecified atom stereocenters. The normalized spacial score (nSPS) is 16.3. The predicted octanol–water partition coefficient (Wildman–Crippen LogP) is 2.83. The molecule has 0 aromatic carbocycles. The Bertz CT molecular complexity index is 1130. The van der Waals surface area contributed by atoms with E-state index in [1.54, 1.807) is 20.9 Å². The van der Waals surface area contributed by atoms with Crippen molar-refractivity contribution in [2.45, 2.75) is 138 Å². The number of nitrogens with two attached hydrogens (primary N) is 1. The highest BCUT2D eigenvalue weighted by Gasteiger charge is 2.40. The van der Waals surface area contributed by atoms with Gasteiger partial charge < -0.3 is 31.5 Å². The zero-order chi connectivity index (χ0) is 37.5. The number of nitrogens with zero attached hydrogens (tertiary/aromatic N) is 2. The van der Waals surface area contributed by atoms with Gasteiger partial charge in [-0.2, -0.15) is 0 Å². The zero-order valence-corrected chi connectivity index (χ0v) is 31.5. The number of rotatable bonds is 21. The largest absolute Gasteiger partial charge is 0.368 e. The van der Waals surface area contributed by atoms with Crippen molar-refractivity contribution in [3.05, 3.63) is 0 Å². The van der Waals surface area contributed by atoms with Gasteiger partial charge in [-0.15, -0.1) is 12.3 Å². The molecule has 0 aliphatic heterocycles. The third-order valence-corrected chi connectivity index (χ3v) is 9.32. The van der Waals surface area contributed by atoms with Crippen LogP contribution in [0.15, 0.2) is 0 Å². The summed E-state index contributed by atoms with van der Waals surface area (Å²) in [5, 5.41) is 8.32. The highest BCUT2D eigenvalue weighted by molar-refractivity contribution is 5.96. The number of primary amides is 1. The summed E-state index contributed by atoms with van der Waals surface area (Å²) in [7, 11) is 3.11. The Hall–Kier alpha value is -3.62. The van der Waals surface area contributed by atoms with E-state index in [9.17, 15) is 28.8 Å². The van der Waals surface area contributed by atoms with E-state index in [1.165, 1.54) is 23.8 Å². The number of terminal acetylenes is 1. The van der Waals surface area contributed by atoms with Crippen LogP contribution in [-0.2, 0) is 28.8 Å². The fraction of sp³-hybridized carbons (Fsp3) is 0.778. The average Bonchev–Trinajstić information content (AvgIpc) is 3.02. The second kappa shape index (κ2) is 21.4. The molecule has 0 fully saturated rings. The van der Waals surface area contributed by atoms with Gasteiger partial charge in [0.05, 0.1) is 0 Å². The van der Waals surface area contributed by atoms with E-state index >= 15 is 0 Å². The maximum absolute atomic E-state index is 14.0. The molecule has 274 valence electrons. The van der Waals surface area contributed by atoms with Crippen LogP contribution in [0.2, 0.25) is 0 Å². The van der Waals surface area contributed by atoms with Crippen LogP contribution >= 0.6 is 0 Å². The van der Waals surface area contributed by atoms with Crippen molar-refractivity contribution >= 4 is 35.4 Å². The lowest BCUT2D eigenvalue weighted by molar-refractivity contribution is -0.146. The molecule has 12 nitrogen and oxygen atoms in total. The first-order valence-electron chi connectivity index (χ1n) is 17.5. The Kier molecular flexibility index (Phi) is 19.8. The van der Waals surface area contributed by atoms with Gasteiger partial charge in [0.25, 0.3) is 0 Å². The number of hydrogen-bond acceptors (Lipinski definition) is 6. The maximum Gasteiger partial charge on any atom is 0.245 e. The number of unbranched alkanes of at least 4 members (excludes halogenated alkanes) is 2. The van der Waals surface area contributed by atoms with E-state index in [-0.39, 0.29) is 35.5 Å². The summed E-state index contributed by atoms with van der Waals surface area (Å²) in [5.74, 6) is -1.74. The first-order valence-corrected chi connectivity index (χ1v) is 17.5. The predicted molar refractivity (Wildman–Crippen MR) is 189 cm³/mol. The van der Waals surface area contributed by atoms with E-state index in [0.29, 0.717) is 25.7 Å². The van der Waals surface area contributed by atoms with Crippen molar-refractivity contribution in [1.82, 2.24) is 25.8 Å². The molecule has 48 heavy (non-hydrogen) atoms. The molecule has 6 amide bonds. The quantitative estimate of drug-likeness (QED) is 0.108. The van der Waals surface area contributed by atoms with Crippen LogP contribution in [0.5, 0.6) is 0 Å². The van der Waals surface area contributed by atoms with Crippen molar-refractivity contribution in [2.75, 3.05) is 14.1 Å². The van der Waals surface area contributed by atoms with Crippen LogP contribution in [-0.4, -0.2) is 89.5 Å². The number of hydrogen-bond donors (Lipinski definition) is 4. The molecule has 0 heterocycles. The van der Waals surface area contributed by atoms with Gasteiger partial charge in [-0.3, -0.25) is 28.8 Å². The summed E-state index contributed by atoms with van der Waals surface area (Å²) in [6.45, 7) is 18.0.